The van der Waals surface area contributed by atoms with E-state index in [1.807, 2.05) is 25.1 Å². The molecule has 2 aromatic rings. The molecule has 1 aromatic carbocycles. The van der Waals surface area contributed by atoms with Gasteiger partial charge < -0.3 is 9.47 Å². The van der Waals surface area contributed by atoms with E-state index in [1.165, 1.54) is 0 Å². The van der Waals surface area contributed by atoms with Crippen LogP contribution in [-0.4, -0.2) is 62.5 Å². The van der Waals surface area contributed by atoms with Gasteiger partial charge in [-0.1, -0.05) is 6.07 Å². The van der Waals surface area contributed by atoms with E-state index in [-0.39, 0.29) is 11.3 Å². The van der Waals surface area contributed by atoms with Crippen LogP contribution in [0.2, 0.25) is 0 Å². The first kappa shape index (κ1) is 17.7. The molecule has 2 aliphatic rings. The lowest BCUT2D eigenvalue weighted by Crippen LogP contribution is -2.37. The van der Waals surface area contributed by atoms with E-state index < -0.39 is 10.0 Å². The molecule has 0 saturated carbocycles. The molecule has 2 fully saturated rings. The number of ether oxygens (including phenoxy) is 2. The Balaban J connectivity index is 1.68. The Morgan fingerprint density at radius 2 is 2.27 bits per heavy atom. The predicted molar refractivity (Wildman–Crippen MR) is 95.7 cm³/mol. The maximum Gasteiger partial charge on any atom is 0.243 e. The minimum absolute atomic E-state index is 0.173. The third-order valence-corrected chi connectivity index (χ3v) is 7.43. The topological polar surface area (TPSA) is 73.7 Å². The van der Waals surface area contributed by atoms with Gasteiger partial charge >= 0.3 is 0 Å². The third-order valence-electron chi connectivity index (χ3n) is 5.48. The molecule has 26 heavy (non-hydrogen) atoms. The molecule has 2 saturated heterocycles. The second kappa shape index (κ2) is 6.45. The number of aryl methyl sites for hydroxylation is 1. The Labute approximate surface area is 153 Å². The van der Waals surface area contributed by atoms with Crippen LogP contribution in [0.5, 0.6) is 0 Å². The lowest BCUT2D eigenvalue weighted by atomic mass is 9.82. The number of methoxy groups -OCH3 is 1. The second-order valence-corrected chi connectivity index (χ2v) is 9.11. The van der Waals surface area contributed by atoms with Crippen LogP contribution < -0.4 is 0 Å². The number of sulfonamides is 1. The largest absolute Gasteiger partial charge is 0.384 e. The second-order valence-electron chi connectivity index (χ2n) is 7.21. The fourth-order valence-corrected chi connectivity index (χ4v) is 5.85. The van der Waals surface area contributed by atoms with Crippen molar-refractivity contribution >= 4 is 10.0 Å². The summed E-state index contributed by atoms with van der Waals surface area (Å²) in [6.07, 6.45) is 3.47. The molecule has 0 spiro atoms. The van der Waals surface area contributed by atoms with Crippen molar-refractivity contribution in [2.75, 3.05) is 40.0 Å². The van der Waals surface area contributed by atoms with Crippen LogP contribution >= 0.6 is 0 Å². The molecule has 140 valence electrons. The Morgan fingerprint density at radius 1 is 1.42 bits per heavy atom. The van der Waals surface area contributed by atoms with Gasteiger partial charge in [-0.05, 0) is 30.7 Å². The molecule has 2 aliphatic heterocycles. The van der Waals surface area contributed by atoms with Crippen molar-refractivity contribution < 1.29 is 17.9 Å². The molecular weight excluding hydrogens is 354 g/mol. The number of fused-ring (bicyclic) bond motifs is 1. The zero-order chi connectivity index (χ0) is 18.4. The predicted octanol–water partition coefficient (Wildman–Crippen LogP) is 1.46. The van der Waals surface area contributed by atoms with Gasteiger partial charge in [0.05, 0.1) is 30.4 Å². The molecule has 0 amide bonds. The number of rotatable bonds is 5. The van der Waals surface area contributed by atoms with E-state index in [0.29, 0.717) is 37.8 Å². The molecule has 0 aliphatic carbocycles. The van der Waals surface area contributed by atoms with Crippen LogP contribution in [0.3, 0.4) is 0 Å². The zero-order valence-corrected chi connectivity index (χ0v) is 15.8. The van der Waals surface area contributed by atoms with Crippen molar-refractivity contribution in [3.63, 3.8) is 0 Å². The van der Waals surface area contributed by atoms with Gasteiger partial charge in [-0.25, -0.2) is 13.1 Å². The standard InChI is InChI=1S/C18H23N3O4S/c1-14-4-5-16(21-7-3-6-19-21)8-17(14)26(22,23)20-9-15-10-25-13-18(15,11-20)12-24-2/h3-8,15H,9-13H2,1-2H3/t15-,18-/m0/s1. The summed E-state index contributed by atoms with van der Waals surface area (Å²) >= 11 is 0. The zero-order valence-electron chi connectivity index (χ0n) is 15.0. The SMILES string of the molecule is COC[C@@]12COC[C@@H]1CN(S(=O)(=O)c1cc(-n3cccn3)ccc1C)C2. The molecule has 8 heteroatoms. The summed E-state index contributed by atoms with van der Waals surface area (Å²) in [5, 5.41) is 4.19. The normalized spacial score (nSPS) is 26.3. The van der Waals surface area contributed by atoms with E-state index in [2.05, 4.69) is 5.10 Å². The molecule has 2 atom stereocenters. The van der Waals surface area contributed by atoms with Crippen molar-refractivity contribution in [2.24, 2.45) is 11.3 Å². The Hall–Kier alpha value is -1.74. The highest BCUT2D eigenvalue weighted by Crippen LogP contribution is 2.43. The maximum absolute atomic E-state index is 13.4. The molecule has 4 rings (SSSR count). The molecule has 0 N–H and O–H groups in total. The van der Waals surface area contributed by atoms with Crippen molar-refractivity contribution in [2.45, 2.75) is 11.8 Å². The number of benzene rings is 1. The minimum Gasteiger partial charge on any atom is -0.384 e. The number of hydrogen-bond acceptors (Lipinski definition) is 5. The lowest BCUT2D eigenvalue weighted by molar-refractivity contribution is 0.0601. The van der Waals surface area contributed by atoms with Gasteiger partial charge in [-0.15, -0.1) is 0 Å². The average molecular weight is 377 g/mol. The lowest BCUT2D eigenvalue weighted by Gasteiger charge is -2.26. The van der Waals surface area contributed by atoms with E-state index in [0.717, 1.165) is 11.3 Å². The minimum atomic E-state index is -3.60. The van der Waals surface area contributed by atoms with E-state index in [9.17, 15) is 8.42 Å². The fraction of sp³-hybridized carbons (Fsp3) is 0.500. The van der Waals surface area contributed by atoms with Crippen molar-refractivity contribution in [3.05, 3.63) is 42.2 Å². The first-order valence-corrected chi connectivity index (χ1v) is 10.1. The molecule has 0 bridgehead atoms. The highest BCUT2D eigenvalue weighted by Gasteiger charge is 2.53. The number of hydrogen-bond donors (Lipinski definition) is 0. The molecule has 7 nitrogen and oxygen atoms in total. The smallest absolute Gasteiger partial charge is 0.243 e. The monoisotopic (exact) mass is 377 g/mol. The van der Waals surface area contributed by atoms with Gasteiger partial charge in [-0.2, -0.15) is 9.40 Å². The third kappa shape index (κ3) is 2.77. The van der Waals surface area contributed by atoms with Crippen molar-refractivity contribution in [3.8, 4) is 5.69 Å². The summed E-state index contributed by atoms with van der Waals surface area (Å²) in [5.74, 6) is 0.173. The molecule has 3 heterocycles. The van der Waals surface area contributed by atoms with Crippen LogP contribution in [0.25, 0.3) is 5.69 Å². The van der Waals surface area contributed by atoms with Crippen LogP contribution in [0.1, 0.15) is 5.56 Å². The summed E-state index contributed by atoms with van der Waals surface area (Å²) in [6.45, 7) is 4.36. The van der Waals surface area contributed by atoms with Gasteiger partial charge in [-0.3, -0.25) is 0 Å². The van der Waals surface area contributed by atoms with Crippen LogP contribution in [0.4, 0.5) is 0 Å². The summed E-state index contributed by atoms with van der Waals surface area (Å²) in [6, 6.07) is 7.21. The fourth-order valence-electron chi connectivity index (χ4n) is 4.03. The summed E-state index contributed by atoms with van der Waals surface area (Å²) < 4.78 is 41.0. The molecule has 0 unspecified atom stereocenters. The number of nitrogens with zero attached hydrogens (tertiary/aromatic N) is 3. The summed E-state index contributed by atoms with van der Waals surface area (Å²) in [7, 11) is -1.95. The molecule has 0 radical (unpaired) electrons. The van der Waals surface area contributed by atoms with Crippen LogP contribution in [0, 0.1) is 18.3 Å². The summed E-state index contributed by atoms with van der Waals surface area (Å²) in [5.41, 5.74) is 1.22. The number of aromatic nitrogens is 2. The first-order chi connectivity index (χ1) is 12.5. The van der Waals surface area contributed by atoms with Gasteiger partial charge in [0.1, 0.15) is 0 Å². The van der Waals surface area contributed by atoms with Gasteiger partial charge in [0.25, 0.3) is 0 Å². The maximum atomic E-state index is 13.4. The first-order valence-electron chi connectivity index (χ1n) is 8.64. The van der Waals surface area contributed by atoms with Gasteiger partial charge in [0.2, 0.25) is 10.0 Å². The van der Waals surface area contributed by atoms with E-state index in [4.69, 9.17) is 9.47 Å². The Kier molecular flexibility index (Phi) is 4.38. The highest BCUT2D eigenvalue weighted by atomic mass is 32.2. The van der Waals surface area contributed by atoms with Crippen molar-refractivity contribution in [1.29, 1.82) is 0 Å². The Bertz CT molecular complexity index is 897. The van der Waals surface area contributed by atoms with Crippen LogP contribution in [0.15, 0.2) is 41.6 Å². The average Bonchev–Trinajstić information content (AvgIpc) is 3.30. The highest BCUT2D eigenvalue weighted by molar-refractivity contribution is 7.89. The Morgan fingerprint density at radius 3 is 3.00 bits per heavy atom. The molecule has 1 aromatic heterocycles. The molecular formula is C18H23N3O4S. The van der Waals surface area contributed by atoms with Gasteiger partial charge in [0, 0.05) is 43.9 Å². The quantitative estimate of drug-likeness (QED) is 0.789. The van der Waals surface area contributed by atoms with Crippen LogP contribution in [-0.2, 0) is 19.5 Å². The van der Waals surface area contributed by atoms with Gasteiger partial charge in [0.15, 0.2) is 0 Å². The van der Waals surface area contributed by atoms with E-state index in [1.54, 1.807) is 34.6 Å². The van der Waals surface area contributed by atoms with Crippen molar-refractivity contribution in [1.82, 2.24) is 14.1 Å². The van der Waals surface area contributed by atoms with E-state index >= 15 is 0 Å². The summed E-state index contributed by atoms with van der Waals surface area (Å²) in [4.78, 5) is 0.332.